The molecule has 1 atom stereocenters. The van der Waals surface area contributed by atoms with Crippen LogP contribution < -0.4 is 11.1 Å². The molecule has 0 spiro atoms. The summed E-state index contributed by atoms with van der Waals surface area (Å²) in [6.07, 6.45) is 1.67. The number of nitrogens with zero attached hydrogens (tertiary/aromatic N) is 1. The quantitative estimate of drug-likeness (QED) is 0.645. The number of aromatic nitrogens is 1. The maximum atomic E-state index is 11.5. The van der Waals surface area contributed by atoms with Crippen molar-refractivity contribution in [1.82, 2.24) is 4.98 Å². The molecule has 1 amide bonds. The Bertz CT molecular complexity index is 582. The molecule has 1 rings (SSSR count). The number of carboxylic acids is 1. The Morgan fingerprint density at radius 2 is 2.11 bits per heavy atom. The normalized spacial score (nSPS) is 12.7. The molecule has 0 saturated heterocycles. The fourth-order valence-corrected chi connectivity index (χ4v) is 1.75. The molecule has 0 bridgehead atoms. The van der Waals surface area contributed by atoms with Crippen LogP contribution in [-0.2, 0) is 19.4 Å². The lowest BCUT2D eigenvalue weighted by molar-refractivity contribution is -0.138. The van der Waals surface area contributed by atoms with Crippen molar-refractivity contribution in [3.63, 3.8) is 0 Å². The van der Waals surface area contributed by atoms with Gasteiger partial charge in [0.2, 0.25) is 5.91 Å². The van der Waals surface area contributed by atoms with Crippen LogP contribution in [0.2, 0.25) is 0 Å². The number of carboxylic acid groups (broad SMARTS) is 1. The monoisotopic (exact) mass is 287 g/mol. The van der Waals surface area contributed by atoms with Gasteiger partial charge in [0.15, 0.2) is 14.9 Å². The van der Waals surface area contributed by atoms with Crippen LogP contribution in [0.1, 0.15) is 6.42 Å². The Kier molecular flexibility index (Phi) is 4.57. The van der Waals surface area contributed by atoms with Crippen LogP contribution in [0.15, 0.2) is 23.4 Å². The van der Waals surface area contributed by atoms with Crippen molar-refractivity contribution in [3.8, 4) is 0 Å². The first-order valence-corrected chi connectivity index (χ1v) is 7.03. The van der Waals surface area contributed by atoms with Crippen molar-refractivity contribution < 1.29 is 23.1 Å². The molecule has 0 aromatic carbocycles. The third-order valence-corrected chi connectivity index (χ3v) is 3.12. The van der Waals surface area contributed by atoms with E-state index in [0.717, 1.165) is 12.5 Å². The number of aliphatic carboxylic acids is 1. The van der Waals surface area contributed by atoms with Gasteiger partial charge in [-0.05, 0) is 12.1 Å². The standard InChI is InChI=1S/C10H13N3O5S/c1-19(17,18)8-3-2-6(5-12-8)13-10(16)7(11)4-9(14)15/h2-3,5,7H,4,11H2,1H3,(H,13,16)(H,14,15). The van der Waals surface area contributed by atoms with Gasteiger partial charge in [-0.2, -0.15) is 0 Å². The zero-order valence-electron chi connectivity index (χ0n) is 10.0. The van der Waals surface area contributed by atoms with Gasteiger partial charge in [0, 0.05) is 6.26 Å². The number of nitrogens with two attached hydrogens (primary N) is 1. The number of hydrogen-bond donors (Lipinski definition) is 3. The zero-order chi connectivity index (χ0) is 14.6. The molecule has 0 aliphatic rings. The second-order valence-corrected chi connectivity index (χ2v) is 5.81. The first-order chi connectivity index (χ1) is 8.70. The van der Waals surface area contributed by atoms with E-state index in [9.17, 15) is 18.0 Å². The van der Waals surface area contributed by atoms with Crippen molar-refractivity contribution >= 4 is 27.4 Å². The van der Waals surface area contributed by atoms with Crippen LogP contribution in [0, 0.1) is 0 Å². The summed E-state index contributed by atoms with van der Waals surface area (Å²) in [6, 6.07) is 1.38. The van der Waals surface area contributed by atoms with Crippen LogP contribution in [0.25, 0.3) is 0 Å². The maximum Gasteiger partial charge on any atom is 0.305 e. The fraction of sp³-hybridized carbons (Fsp3) is 0.300. The first kappa shape index (κ1) is 15.1. The summed E-state index contributed by atoms with van der Waals surface area (Å²) < 4.78 is 22.3. The second kappa shape index (κ2) is 5.76. The van der Waals surface area contributed by atoms with Crippen LogP contribution in [0.4, 0.5) is 5.69 Å². The van der Waals surface area contributed by atoms with Crippen molar-refractivity contribution in [2.45, 2.75) is 17.5 Å². The number of hydrogen-bond acceptors (Lipinski definition) is 6. The van der Waals surface area contributed by atoms with E-state index < -0.39 is 34.2 Å². The smallest absolute Gasteiger partial charge is 0.305 e. The molecule has 4 N–H and O–H groups in total. The lowest BCUT2D eigenvalue weighted by atomic mass is 10.2. The van der Waals surface area contributed by atoms with Gasteiger partial charge in [-0.3, -0.25) is 9.59 Å². The zero-order valence-corrected chi connectivity index (χ0v) is 10.8. The third-order valence-electron chi connectivity index (χ3n) is 2.12. The predicted molar refractivity (Wildman–Crippen MR) is 66.2 cm³/mol. The molecule has 0 aliphatic heterocycles. The maximum absolute atomic E-state index is 11.5. The summed E-state index contributed by atoms with van der Waals surface area (Å²) in [5.74, 6) is -1.87. The number of amides is 1. The Labute approximate surface area is 109 Å². The molecule has 1 aromatic heterocycles. The molecule has 0 saturated carbocycles. The molecular weight excluding hydrogens is 274 g/mol. The van der Waals surface area contributed by atoms with Crippen molar-refractivity contribution in [2.24, 2.45) is 5.73 Å². The summed E-state index contributed by atoms with van der Waals surface area (Å²) in [7, 11) is -3.41. The number of carbonyl (C=O) groups is 2. The molecule has 1 unspecified atom stereocenters. The summed E-state index contributed by atoms with van der Waals surface area (Å²) in [4.78, 5) is 25.5. The van der Waals surface area contributed by atoms with Gasteiger partial charge in [0.25, 0.3) is 0 Å². The largest absolute Gasteiger partial charge is 0.481 e. The van der Waals surface area contributed by atoms with E-state index in [2.05, 4.69) is 10.3 Å². The van der Waals surface area contributed by atoms with E-state index in [0.29, 0.717) is 0 Å². The number of pyridine rings is 1. The molecule has 8 nitrogen and oxygen atoms in total. The van der Waals surface area contributed by atoms with Gasteiger partial charge in [-0.25, -0.2) is 13.4 Å². The average Bonchev–Trinajstić information content (AvgIpc) is 2.27. The summed E-state index contributed by atoms with van der Waals surface area (Å²) in [6.45, 7) is 0. The highest BCUT2D eigenvalue weighted by atomic mass is 32.2. The summed E-state index contributed by atoms with van der Waals surface area (Å²) in [5, 5.41) is 10.7. The molecule has 19 heavy (non-hydrogen) atoms. The van der Waals surface area contributed by atoms with E-state index in [1.165, 1.54) is 12.1 Å². The van der Waals surface area contributed by atoms with Gasteiger partial charge in [0.1, 0.15) is 0 Å². The molecular formula is C10H13N3O5S. The number of sulfone groups is 1. The van der Waals surface area contributed by atoms with Crippen LogP contribution in [0.3, 0.4) is 0 Å². The Morgan fingerprint density at radius 1 is 1.47 bits per heavy atom. The minimum absolute atomic E-state index is 0.125. The lowest BCUT2D eigenvalue weighted by Gasteiger charge is -2.10. The highest BCUT2D eigenvalue weighted by molar-refractivity contribution is 7.90. The number of carbonyl (C=O) groups excluding carboxylic acids is 1. The van der Waals surface area contributed by atoms with Crippen LogP contribution in [0.5, 0.6) is 0 Å². The molecule has 1 heterocycles. The number of nitrogens with one attached hydrogen (secondary N) is 1. The highest BCUT2D eigenvalue weighted by Crippen LogP contribution is 2.10. The SMILES string of the molecule is CS(=O)(=O)c1ccc(NC(=O)C(N)CC(=O)O)cn1. The predicted octanol–water partition coefficient (Wildman–Crippen LogP) is -0.774. The first-order valence-electron chi connectivity index (χ1n) is 5.14. The lowest BCUT2D eigenvalue weighted by Crippen LogP contribution is -2.37. The van der Waals surface area contributed by atoms with Gasteiger partial charge in [-0.1, -0.05) is 0 Å². The van der Waals surface area contributed by atoms with Crippen LogP contribution in [-0.4, -0.2) is 42.7 Å². The van der Waals surface area contributed by atoms with Gasteiger partial charge in [-0.15, -0.1) is 0 Å². The van der Waals surface area contributed by atoms with Gasteiger partial charge >= 0.3 is 5.97 Å². The molecule has 104 valence electrons. The highest BCUT2D eigenvalue weighted by Gasteiger charge is 2.17. The van der Waals surface area contributed by atoms with E-state index >= 15 is 0 Å². The van der Waals surface area contributed by atoms with Crippen molar-refractivity contribution in [2.75, 3.05) is 11.6 Å². The van der Waals surface area contributed by atoms with E-state index in [4.69, 9.17) is 10.8 Å². The van der Waals surface area contributed by atoms with Gasteiger partial charge in [0.05, 0.1) is 24.3 Å². The molecule has 1 aromatic rings. The Hall–Kier alpha value is -2.00. The fourth-order valence-electron chi connectivity index (χ4n) is 1.19. The average molecular weight is 287 g/mol. The number of rotatable bonds is 5. The van der Waals surface area contributed by atoms with Crippen molar-refractivity contribution in [1.29, 1.82) is 0 Å². The van der Waals surface area contributed by atoms with E-state index in [-0.39, 0.29) is 10.7 Å². The van der Waals surface area contributed by atoms with Gasteiger partial charge < -0.3 is 16.2 Å². The number of anilines is 1. The van der Waals surface area contributed by atoms with E-state index in [1.807, 2.05) is 0 Å². The molecule has 0 aliphatic carbocycles. The summed E-state index contributed by atoms with van der Waals surface area (Å²) in [5.41, 5.74) is 5.59. The third kappa shape index (κ3) is 4.64. The topological polar surface area (TPSA) is 139 Å². The minimum atomic E-state index is -3.41. The molecule has 9 heteroatoms. The van der Waals surface area contributed by atoms with Crippen LogP contribution >= 0.6 is 0 Å². The molecule has 0 radical (unpaired) electrons. The Balaban J connectivity index is 2.73. The van der Waals surface area contributed by atoms with E-state index in [1.54, 1.807) is 0 Å². The minimum Gasteiger partial charge on any atom is -0.481 e. The Morgan fingerprint density at radius 3 is 2.53 bits per heavy atom. The summed E-state index contributed by atoms with van der Waals surface area (Å²) >= 11 is 0. The molecule has 0 fully saturated rings. The second-order valence-electron chi connectivity index (χ2n) is 3.85. The van der Waals surface area contributed by atoms with Crippen molar-refractivity contribution in [3.05, 3.63) is 18.3 Å².